The fourth-order valence-electron chi connectivity index (χ4n) is 1.98. The normalized spacial score (nSPS) is 12.5. The number of para-hydroxylation sites is 1. The summed E-state index contributed by atoms with van der Waals surface area (Å²) in [6.07, 6.45) is 0.929. The van der Waals surface area contributed by atoms with E-state index >= 15 is 0 Å². The van der Waals surface area contributed by atoms with Gasteiger partial charge in [0.05, 0.1) is 0 Å². The van der Waals surface area contributed by atoms with Crippen LogP contribution in [0.3, 0.4) is 0 Å². The molecule has 2 N–H and O–H groups in total. The number of phenols is 1. The lowest BCUT2D eigenvalue weighted by Gasteiger charge is -2.21. The van der Waals surface area contributed by atoms with E-state index in [0.29, 0.717) is 5.75 Å². The van der Waals surface area contributed by atoms with Gasteiger partial charge in [0.2, 0.25) is 0 Å². The molecule has 1 aliphatic rings. The first-order chi connectivity index (χ1) is 7.33. The van der Waals surface area contributed by atoms with Crippen LogP contribution in [-0.4, -0.2) is 5.11 Å². The average Bonchev–Trinajstić information content (AvgIpc) is 2.26. The van der Waals surface area contributed by atoms with Gasteiger partial charge in [0, 0.05) is 23.9 Å². The number of anilines is 2. The highest BCUT2D eigenvalue weighted by molar-refractivity contribution is 5.72. The predicted molar refractivity (Wildman–Crippen MR) is 60.6 cm³/mol. The van der Waals surface area contributed by atoms with Gasteiger partial charge in [-0.2, -0.15) is 0 Å². The van der Waals surface area contributed by atoms with Crippen LogP contribution >= 0.6 is 0 Å². The first kappa shape index (κ1) is 8.36. The fraction of sp³-hybridized carbons (Fsp3) is 0.0769. The van der Waals surface area contributed by atoms with E-state index in [0.717, 1.165) is 17.8 Å². The Balaban J connectivity index is 2.11. The van der Waals surface area contributed by atoms with Gasteiger partial charge in [-0.1, -0.05) is 24.3 Å². The van der Waals surface area contributed by atoms with Crippen molar-refractivity contribution in [1.82, 2.24) is 0 Å². The lowest BCUT2D eigenvalue weighted by molar-refractivity contribution is 0.475. The van der Waals surface area contributed by atoms with Gasteiger partial charge in [-0.25, -0.2) is 0 Å². The summed E-state index contributed by atoms with van der Waals surface area (Å²) in [4.78, 5) is 0. The SMILES string of the molecule is Oc1ccc2c(c1)Nc1ccccc1C2. The van der Waals surface area contributed by atoms with Crippen molar-refractivity contribution in [3.05, 3.63) is 53.6 Å². The fourth-order valence-corrected chi connectivity index (χ4v) is 1.98. The summed E-state index contributed by atoms with van der Waals surface area (Å²) in [6.45, 7) is 0. The van der Waals surface area contributed by atoms with Gasteiger partial charge in [0.15, 0.2) is 0 Å². The van der Waals surface area contributed by atoms with Gasteiger partial charge in [0.1, 0.15) is 5.75 Å². The first-order valence-electron chi connectivity index (χ1n) is 5.00. The highest BCUT2D eigenvalue weighted by Gasteiger charge is 2.13. The molecule has 0 spiro atoms. The van der Waals surface area contributed by atoms with E-state index in [1.165, 1.54) is 11.1 Å². The van der Waals surface area contributed by atoms with Gasteiger partial charge in [-0.05, 0) is 23.3 Å². The van der Waals surface area contributed by atoms with Gasteiger partial charge in [-0.15, -0.1) is 0 Å². The lowest BCUT2D eigenvalue weighted by Crippen LogP contribution is -2.05. The van der Waals surface area contributed by atoms with Crippen LogP contribution < -0.4 is 5.32 Å². The Labute approximate surface area is 88.2 Å². The molecule has 2 aromatic rings. The quantitative estimate of drug-likeness (QED) is 0.580. The van der Waals surface area contributed by atoms with E-state index in [9.17, 15) is 5.11 Å². The van der Waals surface area contributed by atoms with Crippen LogP contribution in [0.1, 0.15) is 11.1 Å². The molecule has 1 aliphatic heterocycles. The zero-order chi connectivity index (χ0) is 10.3. The first-order valence-corrected chi connectivity index (χ1v) is 5.00. The number of aromatic hydroxyl groups is 1. The standard InChI is InChI=1S/C13H11NO/c15-11-6-5-10-7-9-3-1-2-4-12(9)14-13(10)8-11/h1-6,8,14-15H,7H2. The van der Waals surface area contributed by atoms with Gasteiger partial charge in [0.25, 0.3) is 0 Å². The van der Waals surface area contributed by atoms with Crippen LogP contribution in [0, 0.1) is 0 Å². The second kappa shape index (κ2) is 3.02. The Hall–Kier alpha value is -1.96. The van der Waals surface area contributed by atoms with Crippen molar-refractivity contribution < 1.29 is 5.11 Å². The van der Waals surface area contributed by atoms with E-state index < -0.39 is 0 Å². The Bertz CT molecular complexity index is 520. The molecular formula is C13H11NO. The van der Waals surface area contributed by atoms with E-state index in [4.69, 9.17) is 0 Å². The summed E-state index contributed by atoms with van der Waals surface area (Å²) in [5, 5.41) is 12.7. The zero-order valence-corrected chi connectivity index (χ0v) is 8.20. The highest BCUT2D eigenvalue weighted by Crippen LogP contribution is 2.34. The van der Waals surface area contributed by atoms with E-state index in [1.54, 1.807) is 12.1 Å². The summed E-state index contributed by atoms with van der Waals surface area (Å²) >= 11 is 0. The number of rotatable bonds is 0. The number of hydrogen-bond acceptors (Lipinski definition) is 2. The molecule has 0 saturated carbocycles. The number of nitrogens with one attached hydrogen (secondary N) is 1. The Kier molecular flexibility index (Phi) is 1.68. The molecule has 0 saturated heterocycles. The average molecular weight is 197 g/mol. The topological polar surface area (TPSA) is 32.3 Å². The molecule has 2 heteroatoms. The monoisotopic (exact) mass is 197 g/mol. The molecule has 0 amide bonds. The maximum Gasteiger partial charge on any atom is 0.117 e. The largest absolute Gasteiger partial charge is 0.508 e. The van der Waals surface area contributed by atoms with E-state index in [-0.39, 0.29) is 0 Å². The molecule has 1 heterocycles. The Morgan fingerprint density at radius 1 is 0.933 bits per heavy atom. The minimum atomic E-state index is 0.306. The third kappa shape index (κ3) is 1.34. The lowest BCUT2D eigenvalue weighted by atomic mass is 9.97. The molecule has 0 radical (unpaired) electrons. The minimum absolute atomic E-state index is 0.306. The number of fused-ring (bicyclic) bond motifs is 2. The van der Waals surface area contributed by atoms with Crippen LogP contribution in [0.2, 0.25) is 0 Å². The molecule has 0 aromatic heterocycles. The maximum atomic E-state index is 9.40. The van der Waals surface area contributed by atoms with Gasteiger partial charge in [-0.3, -0.25) is 0 Å². The third-order valence-electron chi connectivity index (χ3n) is 2.76. The van der Waals surface area contributed by atoms with Crippen molar-refractivity contribution in [2.75, 3.05) is 5.32 Å². The van der Waals surface area contributed by atoms with Crippen molar-refractivity contribution in [3.8, 4) is 5.75 Å². The summed E-state index contributed by atoms with van der Waals surface area (Å²) in [5.74, 6) is 0.306. The molecule has 0 bridgehead atoms. The molecule has 0 fully saturated rings. The Morgan fingerprint density at radius 3 is 2.67 bits per heavy atom. The minimum Gasteiger partial charge on any atom is -0.508 e. The van der Waals surface area contributed by atoms with Crippen LogP contribution in [0.4, 0.5) is 11.4 Å². The summed E-state index contributed by atoms with van der Waals surface area (Å²) in [5.41, 5.74) is 4.67. The molecule has 15 heavy (non-hydrogen) atoms. The van der Waals surface area contributed by atoms with Crippen molar-refractivity contribution in [2.45, 2.75) is 6.42 Å². The molecular weight excluding hydrogens is 186 g/mol. The molecule has 0 atom stereocenters. The second-order valence-corrected chi connectivity index (χ2v) is 3.80. The molecule has 2 nitrogen and oxygen atoms in total. The molecule has 2 aromatic carbocycles. The highest BCUT2D eigenvalue weighted by atomic mass is 16.3. The third-order valence-corrected chi connectivity index (χ3v) is 2.76. The van der Waals surface area contributed by atoms with Crippen molar-refractivity contribution in [2.24, 2.45) is 0 Å². The predicted octanol–water partition coefficient (Wildman–Crippen LogP) is 3.04. The van der Waals surface area contributed by atoms with Crippen molar-refractivity contribution in [1.29, 1.82) is 0 Å². The number of hydrogen-bond donors (Lipinski definition) is 2. The molecule has 0 unspecified atom stereocenters. The number of phenolic OH excluding ortho intramolecular Hbond substituents is 1. The van der Waals surface area contributed by atoms with E-state index in [1.807, 2.05) is 18.2 Å². The van der Waals surface area contributed by atoms with Gasteiger partial charge >= 0.3 is 0 Å². The van der Waals surface area contributed by atoms with E-state index in [2.05, 4.69) is 17.4 Å². The van der Waals surface area contributed by atoms with Crippen LogP contribution in [0.15, 0.2) is 42.5 Å². The summed E-state index contributed by atoms with van der Waals surface area (Å²) in [6, 6.07) is 13.7. The molecule has 74 valence electrons. The smallest absolute Gasteiger partial charge is 0.117 e. The summed E-state index contributed by atoms with van der Waals surface area (Å²) in [7, 11) is 0. The van der Waals surface area contributed by atoms with Crippen LogP contribution in [0.25, 0.3) is 0 Å². The van der Waals surface area contributed by atoms with Crippen molar-refractivity contribution in [3.63, 3.8) is 0 Å². The van der Waals surface area contributed by atoms with Crippen molar-refractivity contribution >= 4 is 11.4 Å². The maximum absolute atomic E-state index is 9.40. The summed E-state index contributed by atoms with van der Waals surface area (Å²) < 4.78 is 0. The van der Waals surface area contributed by atoms with Crippen LogP contribution in [0.5, 0.6) is 5.75 Å². The Morgan fingerprint density at radius 2 is 1.73 bits per heavy atom. The molecule has 3 rings (SSSR count). The second-order valence-electron chi connectivity index (χ2n) is 3.80. The number of benzene rings is 2. The van der Waals surface area contributed by atoms with Crippen LogP contribution in [-0.2, 0) is 6.42 Å². The van der Waals surface area contributed by atoms with Gasteiger partial charge < -0.3 is 10.4 Å². The zero-order valence-electron chi connectivity index (χ0n) is 8.20. The molecule has 0 aliphatic carbocycles.